The van der Waals surface area contributed by atoms with Crippen LogP contribution in [0.1, 0.15) is 32.6 Å². The molecule has 0 fully saturated rings. The fourth-order valence-corrected chi connectivity index (χ4v) is 3.55. The van der Waals surface area contributed by atoms with Gasteiger partial charge >= 0.3 is 0 Å². The number of hydrogen-bond acceptors (Lipinski definition) is 3. The van der Waals surface area contributed by atoms with Gasteiger partial charge in [-0.15, -0.1) is 11.3 Å². The van der Waals surface area contributed by atoms with E-state index in [1.54, 1.807) is 11.3 Å². The van der Waals surface area contributed by atoms with Crippen LogP contribution in [0.2, 0.25) is 0 Å². The third kappa shape index (κ3) is 4.08. The van der Waals surface area contributed by atoms with Crippen LogP contribution in [-0.4, -0.2) is 12.5 Å². The Bertz CT molecular complexity index is 632. The van der Waals surface area contributed by atoms with E-state index in [1.807, 2.05) is 32.0 Å². The Morgan fingerprint density at radius 1 is 1.29 bits per heavy atom. The van der Waals surface area contributed by atoms with Crippen molar-refractivity contribution in [3.05, 3.63) is 49.6 Å². The van der Waals surface area contributed by atoms with Crippen LogP contribution in [0.15, 0.2) is 28.7 Å². The van der Waals surface area contributed by atoms with E-state index in [4.69, 9.17) is 0 Å². The molecule has 2 N–H and O–H groups in total. The predicted molar refractivity (Wildman–Crippen MR) is 93.3 cm³/mol. The number of rotatable bonds is 5. The topological polar surface area (TPSA) is 41.1 Å². The molecule has 1 aromatic heterocycles. The fourth-order valence-electron chi connectivity index (χ4n) is 2.00. The smallest absolute Gasteiger partial charge is 0.251 e. The molecular formula is C16H19BrN2OS. The SMILES string of the molecule is CCNC(=O)c1ccc(C)c(NCc2cc(Br)c(C)s2)c1. The van der Waals surface area contributed by atoms with Crippen LogP contribution in [0.3, 0.4) is 0 Å². The van der Waals surface area contributed by atoms with E-state index in [0.717, 1.165) is 22.3 Å². The van der Waals surface area contributed by atoms with Crippen molar-refractivity contribution in [1.82, 2.24) is 5.32 Å². The average molecular weight is 367 g/mol. The number of nitrogens with one attached hydrogen (secondary N) is 2. The van der Waals surface area contributed by atoms with Crippen LogP contribution in [0, 0.1) is 13.8 Å². The van der Waals surface area contributed by atoms with E-state index in [2.05, 4.69) is 39.6 Å². The van der Waals surface area contributed by atoms with Gasteiger partial charge in [0.15, 0.2) is 0 Å². The summed E-state index contributed by atoms with van der Waals surface area (Å²) in [4.78, 5) is 14.4. The zero-order valence-corrected chi connectivity index (χ0v) is 14.8. The maximum atomic E-state index is 11.9. The zero-order chi connectivity index (χ0) is 15.4. The van der Waals surface area contributed by atoms with Crippen LogP contribution >= 0.6 is 27.3 Å². The largest absolute Gasteiger partial charge is 0.380 e. The Kier molecular flexibility index (Phi) is 5.42. The minimum absolute atomic E-state index is 0.0322. The summed E-state index contributed by atoms with van der Waals surface area (Å²) < 4.78 is 1.15. The lowest BCUT2D eigenvalue weighted by Gasteiger charge is -2.11. The number of carbonyl (C=O) groups excluding carboxylic acids is 1. The lowest BCUT2D eigenvalue weighted by Crippen LogP contribution is -2.22. The van der Waals surface area contributed by atoms with Crippen molar-refractivity contribution >= 4 is 38.9 Å². The van der Waals surface area contributed by atoms with Gasteiger partial charge in [0.25, 0.3) is 5.91 Å². The van der Waals surface area contributed by atoms with Crippen molar-refractivity contribution < 1.29 is 4.79 Å². The zero-order valence-electron chi connectivity index (χ0n) is 12.4. The molecule has 1 heterocycles. The van der Waals surface area contributed by atoms with Gasteiger partial charge in [-0.3, -0.25) is 4.79 Å². The van der Waals surface area contributed by atoms with Crippen LogP contribution in [0.25, 0.3) is 0 Å². The first-order valence-corrected chi connectivity index (χ1v) is 8.49. The lowest BCUT2D eigenvalue weighted by atomic mass is 10.1. The molecule has 0 spiro atoms. The molecule has 21 heavy (non-hydrogen) atoms. The van der Waals surface area contributed by atoms with Crippen molar-refractivity contribution in [3.8, 4) is 0 Å². The first kappa shape index (κ1) is 16.0. The van der Waals surface area contributed by atoms with Crippen molar-refractivity contribution in [2.24, 2.45) is 0 Å². The third-order valence-corrected chi connectivity index (χ3v) is 5.33. The summed E-state index contributed by atoms with van der Waals surface area (Å²) in [5.41, 5.74) is 2.82. The summed E-state index contributed by atoms with van der Waals surface area (Å²) in [5.74, 6) is -0.0322. The molecule has 1 amide bonds. The quantitative estimate of drug-likeness (QED) is 0.818. The maximum absolute atomic E-state index is 11.9. The summed E-state index contributed by atoms with van der Waals surface area (Å²) in [6.07, 6.45) is 0. The number of benzene rings is 1. The van der Waals surface area contributed by atoms with Gasteiger partial charge in [0, 0.05) is 38.6 Å². The first-order chi connectivity index (χ1) is 10.0. The predicted octanol–water partition coefficient (Wildman–Crippen LogP) is 4.49. The molecule has 112 valence electrons. The van der Waals surface area contributed by atoms with E-state index >= 15 is 0 Å². The molecular weight excluding hydrogens is 348 g/mol. The molecule has 0 aliphatic carbocycles. The molecule has 1 aromatic carbocycles. The van der Waals surface area contributed by atoms with E-state index in [1.165, 1.54) is 9.75 Å². The van der Waals surface area contributed by atoms with Gasteiger partial charge in [-0.2, -0.15) is 0 Å². The van der Waals surface area contributed by atoms with Gasteiger partial charge in [0.2, 0.25) is 0 Å². The highest BCUT2D eigenvalue weighted by molar-refractivity contribution is 9.10. The first-order valence-electron chi connectivity index (χ1n) is 6.88. The van der Waals surface area contributed by atoms with Crippen molar-refractivity contribution in [2.45, 2.75) is 27.3 Å². The van der Waals surface area contributed by atoms with Gasteiger partial charge in [-0.1, -0.05) is 6.07 Å². The van der Waals surface area contributed by atoms with E-state index < -0.39 is 0 Å². The molecule has 2 rings (SSSR count). The molecule has 0 saturated carbocycles. The Labute approximate surface area is 137 Å². The van der Waals surface area contributed by atoms with Crippen LogP contribution in [-0.2, 0) is 6.54 Å². The number of anilines is 1. The second-order valence-electron chi connectivity index (χ2n) is 4.86. The minimum Gasteiger partial charge on any atom is -0.380 e. The molecule has 0 radical (unpaired) electrons. The van der Waals surface area contributed by atoms with E-state index in [0.29, 0.717) is 12.1 Å². The molecule has 0 bridgehead atoms. The van der Waals surface area contributed by atoms with Gasteiger partial charge in [-0.05, 0) is 60.5 Å². The van der Waals surface area contributed by atoms with Gasteiger partial charge in [-0.25, -0.2) is 0 Å². The molecule has 0 saturated heterocycles. The summed E-state index contributed by atoms with van der Waals surface area (Å²) in [5, 5.41) is 6.24. The van der Waals surface area contributed by atoms with E-state index in [-0.39, 0.29) is 5.91 Å². The summed E-state index contributed by atoms with van der Waals surface area (Å²) in [6, 6.07) is 7.88. The van der Waals surface area contributed by atoms with Crippen LogP contribution in [0.4, 0.5) is 5.69 Å². The molecule has 0 unspecified atom stereocenters. The summed E-state index contributed by atoms with van der Waals surface area (Å²) in [7, 11) is 0. The molecule has 0 atom stereocenters. The second-order valence-corrected chi connectivity index (χ2v) is 7.05. The number of amides is 1. The highest BCUT2D eigenvalue weighted by Crippen LogP contribution is 2.27. The van der Waals surface area contributed by atoms with Crippen molar-refractivity contribution in [2.75, 3.05) is 11.9 Å². The Morgan fingerprint density at radius 2 is 2.05 bits per heavy atom. The van der Waals surface area contributed by atoms with Crippen LogP contribution < -0.4 is 10.6 Å². The molecule has 2 aromatic rings. The fraction of sp³-hybridized carbons (Fsp3) is 0.312. The maximum Gasteiger partial charge on any atom is 0.251 e. The molecule has 0 aliphatic heterocycles. The van der Waals surface area contributed by atoms with Crippen LogP contribution in [0.5, 0.6) is 0 Å². The molecule has 3 nitrogen and oxygen atoms in total. The Hall–Kier alpha value is -1.33. The molecule has 0 aliphatic rings. The number of thiophene rings is 1. The Balaban J connectivity index is 2.11. The average Bonchev–Trinajstić information content (AvgIpc) is 2.77. The standard InChI is InChI=1S/C16H19BrN2OS/c1-4-18-16(20)12-6-5-10(2)15(7-12)19-9-13-8-14(17)11(3)21-13/h5-8,19H,4,9H2,1-3H3,(H,18,20). The normalized spacial score (nSPS) is 10.5. The highest BCUT2D eigenvalue weighted by Gasteiger charge is 2.08. The number of carbonyl (C=O) groups is 1. The monoisotopic (exact) mass is 366 g/mol. The number of aryl methyl sites for hydroxylation is 2. The lowest BCUT2D eigenvalue weighted by molar-refractivity contribution is 0.0956. The number of hydrogen-bond donors (Lipinski definition) is 2. The minimum atomic E-state index is -0.0322. The summed E-state index contributed by atoms with van der Waals surface area (Å²) in [6.45, 7) is 7.45. The number of halogens is 1. The molecule has 5 heteroatoms. The van der Waals surface area contributed by atoms with Gasteiger partial charge < -0.3 is 10.6 Å². The Morgan fingerprint density at radius 3 is 2.67 bits per heavy atom. The van der Waals surface area contributed by atoms with Crippen molar-refractivity contribution in [3.63, 3.8) is 0 Å². The van der Waals surface area contributed by atoms with Gasteiger partial charge in [0.05, 0.1) is 0 Å². The highest BCUT2D eigenvalue weighted by atomic mass is 79.9. The van der Waals surface area contributed by atoms with Crippen molar-refractivity contribution in [1.29, 1.82) is 0 Å². The van der Waals surface area contributed by atoms with E-state index in [9.17, 15) is 4.79 Å². The second kappa shape index (κ2) is 7.09. The third-order valence-electron chi connectivity index (χ3n) is 3.20. The summed E-state index contributed by atoms with van der Waals surface area (Å²) >= 11 is 5.30. The van der Waals surface area contributed by atoms with Gasteiger partial charge in [0.1, 0.15) is 0 Å².